The maximum Gasteiger partial charge on any atom is 0.246 e. The summed E-state index contributed by atoms with van der Waals surface area (Å²) in [5.41, 5.74) is 2.56. The summed E-state index contributed by atoms with van der Waals surface area (Å²) in [4.78, 5) is 202. The van der Waals surface area contributed by atoms with Crippen molar-refractivity contribution < 1.29 is 95.3 Å². The molecule has 12 rings (SSSR count). The Balaban J connectivity index is 1.01. The van der Waals surface area contributed by atoms with Crippen LogP contribution in [0.15, 0.2) is 97.2 Å². The Kier molecular flexibility index (Phi) is 32.5. The van der Waals surface area contributed by atoms with Crippen LogP contribution in [0.5, 0.6) is 5.75 Å². The summed E-state index contributed by atoms with van der Waals surface area (Å²) < 4.78 is 41.8. The number of halogens is 1. The number of nitrogens with zero attached hydrogens (tertiary/aromatic N) is 6. The molecule has 7 aliphatic rings. The molecule has 10 N–H and O–H groups in total. The highest BCUT2D eigenvalue weighted by molar-refractivity contribution is 6.00. The van der Waals surface area contributed by atoms with Gasteiger partial charge in [0.15, 0.2) is 0 Å². The number of carbonyl (C=O) groups excluding carboxylic acids is 13. The molecule has 0 saturated carbocycles. The molecule has 0 radical (unpaired) electrons. The Morgan fingerprint density at radius 2 is 1.33 bits per heavy atom. The number of aryl methyl sites for hydroxylation is 1. The first kappa shape index (κ1) is 91.8. The quantitative estimate of drug-likeness (QED) is 0.0588. The average Bonchev–Trinajstić information content (AvgIpc) is 1.61. The molecule has 4 aromatic carbocycles. The number of rotatable bonds is 13. The van der Waals surface area contributed by atoms with Gasteiger partial charge in [-0.3, -0.25) is 62.3 Å². The molecular weight excluding hydrogens is 1570 g/mol. The third kappa shape index (κ3) is 25.4. The molecule has 10 atom stereocenters. The Hall–Kier alpha value is -10.9. The molecule has 13 amide bonds. The van der Waals surface area contributed by atoms with E-state index in [9.17, 15) is 33.9 Å². The molecule has 0 spiro atoms. The summed E-state index contributed by atoms with van der Waals surface area (Å²) in [6, 6.07) is 13.3. The lowest BCUT2D eigenvalue weighted by atomic mass is 9.95. The van der Waals surface area contributed by atoms with Crippen LogP contribution >= 0.6 is 0 Å². The first-order valence-corrected chi connectivity index (χ1v) is 42.6. The monoisotopic (exact) mass is 1690 g/mol. The summed E-state index contributed by atoms with van der Waals surface area (Å²) >= 11 is 0. The molecule has 0 aliphatic carbocycles. The molecule has 8 heterocycles. The summed E-state index contributed by atoms with van der Waals surface area (Å²) in [5, 5.41) is 37.3. The van der Waals surface area contributed by atoms with Crippen LogP contribution in [0.3, 0.4) is 0 Å². The van der Waals surface area contributed by atoms with E-state index < -0.39 is 175 Å². The highest BCUT2D eigenvalue weighted by Crippen LogP contribution is 2.33. The molecule has 3 saturated heterocycles. The van der Waals surface area contributed by atoms with Gasteiger partial charge < -0.3 is 101 Å². The maximum absolute atomic E-state index is 16.4. The van der Waals surface area contributed by atoms with Gasteiger partial charge in [0.1, 0.15) is 72.6 Å². The highest BCUT2D eigenvalue weighted by atomic mass is 19.1. The first-order chi connectivity index (χ1) is 58.5. The van der Waals surface area contributed by atoms with E-state index >= 15 is 38.0 Å². The predicted octanol–water partition coefficient (Wildman–Crippen LogP) is 1.42. The van der Waals surface area contributed by atoms with E-state index in [1.165, 1.54) is 36.0 Å². The molecule has 33 nitrogen and oxygen atoms in total. The number of nitrogens with one attached hydrogen (secondary N) is 9. The second-order valence-corrected chi connectivity index (χ2v) is 33.8. The minimum absolute atomic E-state index is 0.0266. The molecule has 3 fully saturated rings. The summed E-state index contributed by atoms with van der Waals surface area (Å²) in [5.74, 6) is -10.1. The van der Waals surface area contributed by atoms with Gasteiger partial charge in [-0.1, -0.05) is 73.5 Å². The van der Waals surface area contributed by atoms with Crippen molar-refractivity contribution in [2.75, 3.05) is 114 Å². The third-order valence-corrected chi connectivity index (χ3v) is 23.5. The molecule has 5 aromatic rings. The van der Waals surface area contributed by atoms with Crippen molar-refractivity contribution in [3.8, 4) is 5.75 Å². The predicted molar refractivity (Wildman–Crippen MR) is 446 cm³/mol. The van der Waals surface area contributed by atoms with Crippen LogP contribution in [0.4, 0.5) is 4.39 Å². The lowest BCUT2D eigenvalue weighted by molar-refractivity contribution is -0.870. The van der Waals surface area contributed by atoms with Gasteiger partial charge in [-0.05, 0) is 129 Å². The van der Waals surface area contributed by atoms with Gasteiger partial charge in [0, 0.05) is 121 Å². The Morgan fingerprint density at radius 3 is 2.08 bits per heavy atom. The molecule has 34 heteroatoms. The number of benzene rings is 4. The van der Waals surface area contributed by atoms with E-state index in [-0.39, 0.29) is 123 Å². The fourth-order valence-electron chi connectivity index (χ4n) is 16.4. The lowest BCUT2D eigenvalue weighted by Gasteiger charge is -2.37. The summed E-state index contributed by atoms with van der Waals surface area (Å²) in [7, 11) is 7.61. The number of hydrogen-bond donors (Lipinski definition) is 10. The second-order valence-electron chi connectivity index (χ2n) is 33.8. The fourth-order valence-corrected chi connectivity index (χ4v) is 16.4. The van der Waals surface area contributed by atoms with E-state index in [1.54, 1.807) is 72.6 Å². The zero-order valence-electron chi connectivity index (χ0n) is 70.7. The van der Waals surface area contributed by atoms with Crippen molar-refractivity contribution in [2.45, 2.75) is 203 Å². The number of aliphatic hydroxyl groups excluding tert-OH is 1. The Labute approximate surface area is 710 Å². The molecule has 1 aromatic heterocycles. The fraction of sp³-hybridized carbons (Fsp3) is 0.557. The number of amides is 13. The van der Waals surface area contributed by atoms with Gasteiger partial charge in [0.2, 0.25) is 76.8 Å². The Bertz CT molecular complexity index is 4560. The van der Waals surface area contributed by atoms with E-state index in [4.69, 9.17) is 18.9 Å². The van der Waals surface area contributed by atoms with E-state index in [0.29, 0.717) is 95.1 Å². The number of quaternary nitrogens is 1. The van der Waals surface area contributed by atoms with Crippen molar-refractivity contribution in [1.29, 1.82) is 0 Å². The van der Waals surface area contributed by atoms with Crippen LogP contribution in [0.1, 0.15) is 131 Å². The number of aromatic nitrogens is 1. The van der Waals surface area contributed by atoms with Crippen molar-refractivity contribution in [1.82, 2.24) is 72.0 Å². The minimum atomic E-state index is -1.88. The van der Waals surface area contributed by atoms with Crippen LogP contribution in [-0.2, 0) is 122 Å². The van der Waals surface area contributed by atoms with Gasteiger partial charge in [0.25, 0.3) is 0 Å². The normalized spacial score (nSPS) is 24.9. The maximum atomic E-state index is 16.4. The lowest BCUT2D eigenvalue weighted by Crippen LogP contribution is -2.64. The molecular formula is C88H119FN15O18+. The molecule has 0 unspecified atom stereocenters. The number of methoxy groups -OCH3 is 1. The van der Waals surface area contributed by atoms with Crippen molar-refractivity contribution in [3.63, 3.8) is 0 Å². The number of aliphatic hydroxyl groups is 1. The number of hydrogen-bond acceptors (Lipinski definition) is 18. The van der Waals surface area contributed by atoms with Gasteiger partial charge in [-0.2, -0.15) is 0 Å². The van der Waals surface area contributed by atoms with E-state index in [2.05, 4.69) is 47.9 Å². The number of carbonyl (C=O) groups is 13. The van der Waals surface area contributed by atoms with Crippen molar-refractivity contribution >= 4 is 87.7 Å². The van der Waals surface area contributed by atoms with Crippen LogP contribution in [-0.4, -0.2) is 284 Å². The SMILES string of the molecule is COc1ccc(C[C@@H]2NC(=O)[C@H]([C@@H](C)O)NC(=O)[C@@H]3[C@@H]4CCN3C(=O)[C@@H]3Cc5cn(c6ccc(F)cc56)CCCCCCN(Cc5ccc(cc5)CCNC(=O)[C@]5(C)CCCN5C2=O)C(=O)CCC(=O)N[C@H]2CN(C(=O)CCOCCOCC[N+](C)(C)C)CCCCC(=O)NC[C@@H](NC2=O)C(=O)N[C@@H](Cc2cccc(c2)CNC(=O)CO4)C(=O)N3)cc1. The number of ether oxygens (including phenoxy) is 4. The summed E-state index contributed by atoms with van der Waals surface area (Å²) in [6.07, 6.45) is 0.534. The third-order valence-electron chi connectivity index (χ3n) is 23.5. The van der Waals surface area contributed by atoms with Crippen LogP contribution in [0, 0.1) is 5.82 Å². The van der Waals surface area contributed by atoms with Gasteiger partial charge in [-0.25, -0.2) is 4.39 Å². The van der Waals surface area contributed by atoms with Gasteiger partial charge in [-0.15, -0.1) is 0 Å². The van der Waals surface area contributed by atoms with Crippen LogP contribution in [0.25, 0.3) is 10.9 Å². The van der Waals surface area contributed by atoms with Gasteiger partial charge >= 0.3 is 0 Å². The van der Waals surface area contributed by atoms with Crippen LogP contribution < -0.4 is 52.6 Å². The first-order valence-electron chi connectivity index (χ1n) is 42.6. The largest absolute Gasteiger partial charge is 0.497 e. The topological polar surface area (TPSA) is 405 Å². The van der Waals surface area contributed by atoms with Crippen molar-refractivity contribution in [3.05, 3.63) is 136 Å². The molecule has 122 heavy (non-hydrogen) atoms. The number of likely N-dealkylation sites (N-methyl/N-ethyl adjacent to an activating group) is 1. The van der Waals surface area contributed by atoms with E-state index in [0.717, 1.165) is 22.6 Å². The molecule has 7 aliphatic heterocycles. The van der Waals surface area contributed by atoms with Crippen LogP contribution in [0.2, 0.25) is 0 Å². The standard InChI is InChI=1S/C88H118FN15O18/c1-56(105)78-83(114)96-67(46-58-22-25-64(119-6)26-23-58)86(117)103-38-14-33-88(103,2)87(118)90-34-30-57-18-20-59(21-19-57)52-100-36-11-8-7-10-35-99-53-62(65-49-63(89)24-27-71(65)99)48-68-85(116)102-39-31-72(79(102)84(115)98-78)122-55-75(108)91-50-61-16-13-15-60(45-61)47-66(80(111)95-68)94-81(112)69-51-92-73(106)17-9-12-37-101(54-70(82(113)97-69)93-74(107)28-29-76(100)109)77(110)32-41-120-43-44-121-42-40-104(3,4)5/h13,15-16,18-27,45,49,53,56,66-70,72,78-79,105H,7-12,14,17,28-44,46-48,50-52,54-55H2,1-6H3,(H8-,90,91,92,93,94,95,96,97,98,106,107,108,111,112,113,114,115,118)/p+1/t56-,66+,67+,68+,69-,70+,72+,78+,79+,88+/m1/s1. The smallest absolute Gasteiger partial charge is 0.246 e. The van der Waals surface area contributed by atoms with Gasteiger partial charge in [0.05, 0.1) is 73.3 Å². The van der Waals surface area contributed by atoms with Crippen molar-refractivity contribution in [2.24, 2.45) is 0 Å². The van der Waals surface area contributed by atoms with E-state index in [1.807, 2.05) is 50.0 Å². The Morgan fingerprint density at radius 1 is 0.623 bits per heavy atom. The second kappa shape index (κ2) is 43.2. The molecule has 660 valence electrons. The zero-order valence-corrected chi connectivity index (χ0v) is 70.7. The highest BCUT2D eigenvalue weighted by Gasteiger charge is 2.50. The zero-order chi connectivity index (χ0) is 87.2. The minimum Gasteiger partial charge on any atom is -0.497 e. The average molecular weight is 1690 g/mol. The molecule has 14 bridgehead atoms. The summed E-state index contributed by atoms with van der Waals surface area (Å²) in [6.45, 7) is 3.50. The number of fused-ring (bicyclic) bond motifs is 19.